The summed E-state index contributed by atoms with van der Waals surface area (Å²) in [4.78, 5) is 19.9. The zero-order valence-corrected chi connectivity index (χ0v) is 27.5. The molecule has 228 valence electrons. The van der Waals surface area contributed by atoms with Crippen molar-refractivity contribution < 1.29 is 0 Å². The second kappa shape index (κ2) is 10.2. The molecule has 49 heavy (non-hydrogen) atoms. The molecule has 6 heterocycles. The van der Waals surface area contributed by atoms with Gasteiger partial charge in [-0.1, -0.05) is 54.6 Å². The first-order chi connectivity index (χ1) is 24.3. The minimum Gasteiger partial charge on any atom is -0.278 e. The maximum Gasteiger partial charge on any atom is 0.235 e. The Bertz CT molecular complexity index is 3100. The Labute approximate surface area is 287 Å². The smallest absolute Gasteiger partial charge is 0.235 e. The van der Waals surface area contributed by atoms with Crippen LogP contribution in [0.25, 0.3) is 102 Å². The lowest BCUT2D eigenvalue weighted by Gasteiger charge is -2.10. The van der Waals surface area contributed by atoms with Crippen molar-refractivity contribution >= 4 is 95.7 Å². The largest absolute Gasteiger partial charge is 0.278 e. The van der Waals surface area contributed by atoms with E-state index >= 15 is 0 Å². The topological polar surface area (TPSA) is 56.5 Å². The van der Waals surface area contributed by atoms with E-state index in [1.165, 1.54) is 35.6 Å². The van der Waals surface area contributed by atoms with Crippen molar-refractivity contribution in [3.63, 3.8) is 0 Å². The molecule has 0 unspecified atom stereocenters. The molecule has 0 radical (unpaired) electrons. The molecular formula is C42H23N5S2. The van der Waals surface area contributed by atoms with Crippen LogP contribution in [0.5, 0.6) is 0 Å². The average molecular weight is 662 g/mol. The van der Waals surface area contributed by atoms with Gasteiger partial charge in [0, 0.05) is 70.7 Å². The number of nitrogens with zero attached hydrogens (tertiary/aromatic N) is 5. The van der Waals surface area contributed by atoms with Crippen molar-refractivity contribution in [3.05, 3.63) is 140 Å². The van der Waals surface area contributed by atoms with Crippen molar-refractivity contribution in [2.75, 3.05) is 0 Å². The van der Waals surface area contributed by atoms with Crippen LogP contribution in [0.15, 0.2) is 140 Å². The van der Waals surface area contributed by atoms with E-state index in [4.69, 9.17) is 9.97 Å². The van der Waals surface area contributed by atoms with Crippen molar-refractivity contribution in [3.8, 4) is 28.5 Å². The summed E-state index contributed by atoms with van der Waals surface area (Å²) in [7, 11) is 0. The molecule has 0 aliphatic heterocycles. The summed E-state index contributed by atoms with van der Waals surface area (Å²) in [6, 6.07) is 43.2. The number of pyridine rings is 2. The maximum absolute atomic E-state index is 5.39. The Morgan fingerprint density at radius 2 is 1.37 bits per heavy atom. The van der Waals surface area contributed by atoms with Crippen LogP contribution in [0.2, 0.25) is 0 Å². The predicted molar refractivity (Wildman–Crippen MR) is 206 cm³/mol. The molecule has 5 aromatic carbocycles. The fourth-order valence-corrected chi connectivity index (χ4v) is 9.62. The highest BCUT2D eigenvalue weighted by Gasteiger charge is 2.22. The lowest BCUT2D eigenvalue weighted by molar-refractivity contribution is 1.02. The third-order valence-electron chi connectivity index (χ3n) is 9.55. The molecule has 11 aromatic rings. The van der Waals surface area contributed by atoms with Crippen LogP contribution in [-0.4, -0.2) is 24.5 Å². The van der Waals surface area contributed by atoms with Crippen LogP contribution in [0, 0.1) is 0 Å². The van der Waals surface area contributed by atoms with Gasteiger partial charge < -0.3 is 0 Å². The molecule has 0 atom stereocenters. The molecule has 7 heteroatoms. The van der Waals surface area contributed by atoms with E-state index in [2.05, 4.69) is 118 Å². The van der Waals surface area contributed by atoms with Gasteiger partial charge in [-0.3, -0.25) is 14.5 Å². The van der Waals surface area contributed by atoms with Gasteiger partial charge in [-0.25, -0.2) is 9.97 Å². The molecule has 0 saturated heterocycles. The van der Waals surface area contributed by atoms with Crippen LogP contribution in [0.3, 0.4) is 0 Å². The second-order valence-electron chi connectivity index (χ2n) is 12.3. The van der Waals surface area contributed by atoms with E-state index in [1.807, 2.05) is 41.9 Å². The third kappa shape index (κ3) is 3.97. The summed E-state index contributed by atoms with van der Waals surface area (Å²) < 4.78 is 7.09. The van der Waals surface area contributed by atoms with Crippen LogP contribution in [-0.2, 0) is 0 Å². The summed E-state index contributed by atoms with van der Waals surface area (Å²) in [5.41, 5.74) is 6.95. The van der Waals surface area contributed by atoms with E-state index in [1.54, 1.807) is 17.5 Å². The van der Waals surface area contributed by atoms with Gasteiger partial charge >= 0.3 is 0 Å². The molecule has 5 nitrogen and oxygen atoms in total. The van der Waals surface area contributed by atoms with Crippen molar-refractivity contribution in [2.24, 2.45) is 0 Å². The van der Waals surface area contributed by atoms with E-state index in [0.717, 1.165) is 59.9 Å². The highest BCUT2D eigenvalue weighted by Crippen LogP contribution is 2.43. The van der Waals surface area contributed by atoms with Crippen LogP contribution in [0.4, 0.5) is 0 Å². The molecule has 6 aromatic heterocycles. The fraction of sp³-hybridized carbons (Fsp3) is 0. The Morgan fingerprint density at radius 3 is 2.22 bits per heavy atom. The molecule has 0 N–H and O–H groups in total. The summed E-state index contributed by atoms with van der Waals surface area (Å²) >= 11 is 3.58. The molecular weight excluding hydrogens is 639 g/mol. The Morgan fingerprint density at radius 1 is 0.531 bits per heavy atom. The number of fused-ring (bicyclic) bond motifs is 11. The van der Waals surface area contributed by atoms with E-state index in [9.17, 15) is 0 Å². The highest BCUT2D eigenvalue weighted by molar-refractivity contribution is 7.26. The van der Waals surface area contributed by atoms with Crippen molar-refractivity contribution in [2.45, 2.75) is 0 Å². The number of hydrogen-bond donors (Lipinski definition) is 0. The van der Waals surface area contributed by atoms with Gasteiger partial charge in [-0.2, -0.15) is 0 Å². The number of benzene rings is 5. The number of aromatic nitrogens is 5. The SMILES string of the molecule is c1ccc(-c2ccc3c(c2)c2cc4ccc5sc6ccccc6c5c4cc2n3-c2nc(-c3cccnc3)c3sc4ccccc4c3n2)nc1. The number of hydrogen-bond acceptors (Lipinski definition) is 6. The first-order valence-corrected chi connectivity index (χ1v) is 17.8. The summed E-state index contributed by atoms with van der Waals surface area (Å²) in [5.74, 6) is 0.641. The summed E-state index contributed by atoms with van der Waals surface area (Å²) in [6.45, 7) is 0. The van der Waals surface area contributed by atoms with Gasteiger partial charge in [0.2, 0.25) is 5.95 Å². The molecule has 0 bridgehead atoms. The maximum atomic E-state index is 5.39. The molecule has 0 spiro atoms. The summed E-state index contributed by atoms with van der Waals surface area (Å²) in [6.07, 6.45) is 5.55. The first kappa shape index (κ1) is 27.0. The zero-order valence-electron chi connectivity index (χ0n) is 25.8. The molecule has 0 aliphatic rings. The zero-order chi connectivity index (χ0) is 32.1. The molecule has 0 fully saturated rings. The second-order valence-corrected chi connectivity index (χ2v) is 14.4. The van der Waals surface area contributed by atoms with Gasteiger partial charge in [0.1, 0.15) is 0 Å². The van der Waals surface area contributed by atoms with Crippen LogP contribution < -0.4 is 0 Å². The molecule has 11 rings (SSSR count). The standard InChI is InChI=1S/C42H23N5S2/c1-3-12-35-27(9-1)38-29-22-34-31(20-24(29)15-17-37(38)48-35)30-21-25(32-11-5-6-19-44-32)14-16-33(30)47(34)42-45-39(26-8-7-18-43-23-26)41-40(46-42)28-10-2-4-13-36(28)49-41/h1-23H. The Kier molecular flexibility index (Phi) is 5.64. The lowest BCUT2D eigenvalue weighted by Crippen LogP contribution is -2.03. The van der Waals surface area contributed by atoms with E-state index < -0.39 is 0 Å². The highest BCUT2D eigenvalue weighted by atomic mass is 32.1. The normalized spacial score (nSPS) is 12.1. The lowest BCUT2D eigenvalue weighted by atomic mass is 10.0. The van der Waals surface area contributed by atoms with Gasteiger partial charge in [0.05, 0.1) is 32.6 Å². The molecule has 0 aliphatic carbocycles. The summed E-state index contributed by atoms with van der Waals surface area (Å²) in [5, 5.41) is 8.44. The van der Waals surface area contributed by atoms with Crippen molar-refractivity contribution in [1.82, 2.24) is 24.5 Å². The molecule has 0 saturated carbocycles. The van der Waals surface area contributed by atoms with Gasteiger partial charge in [-0.05, 0) is 77.5 Å². The number of thiophene rings is 2. The average Bonchev–Trinajstić information content (AvgIpc) is 3.83. The first-order valence-electron chi connectivity index (χ1n) is 16.1. The Hall–Kier alpha value is -6.02. The van der Waals surface area contributed by atoms with Crippen molar-refractivity contribution in [1.29, 1.82) is 0 Å². The minimum atomic E-state index is 0.641. The number of rotatable bonds is 3. The van der Waals surface area contributed by atoms with Crippen LogP contribution in [0.1, 0.15) is 0 Å². The van der Waals surface area contributed by atoms with Crippen LogP contribution >= 0.6 is 22.7 Å². The molecule has 0 amide bonds. The van der Waals surface area contributed by atoms with E-state index in [-0.39, 0.29) is 0 Å². The predicted octanol–water partition coefficient (Wildman–Crippen LogP) is 11.6. The van der Waals surface area contributed by atoms with Gasteiger partial charge in [0.25, 0.3) is 0 Å². The van der Waals surface area contributed by atoms with Gasteiger partial charge in [0.15, 0.2) is 0 Å². The quantitative estimate of drug-likeness (QED) is 0.189. The third-order valence-corrected chi connectivity index (χ3v) is 11.8. The monoisotopic (exact) mass is 661 g/mol. The Balaban J connectivity index is 1.30. The fourth-order valence-electron chi connectivity index (χ4n) is 7.35. The van der Waals surface area contributed by atoms with Gasteiger partial charge in [-0.15, -0.1) is 22.7 Å². The van der Waals surface area contributed by atoms with E-state index in [0.29, 0.717) is 5.95 Å². The minimum absolute atomic E-state index is 0.641.